The van der Waals surface area contributed by atoms with Crippen LogP contribution in [0.15, 0.2) is 28.9 Å². The highest BCUT2D eigenvalue weighted by Gasteiger charge is 2.23. The van der Waals surface area contributed by atoms with Gasteiger partial charge in [0.05, 0.1) is 10.7 Å². The predicted octanol–water partition coefficient (Wildman–Crippen LogP) is 4.39. The lowest BCUT2D eigenvalue weighted by atomic mass is 10.0. The highest BCUT2D eigenvalue weighted by atomic mass is 79.9. The summed E-state index contributed by atoms with van der Waals surface area (Å²) in [5.74, 6) is -0.264. The molecule has 2 aromatic heterocycles. The maximum atomic E-state index is 13.7. The molecule has 23 heavy (non-hydrogen) atoms. The standard InChI is InChI=1S/C16H11BrClFN4/c1-2-23-7-13-15(22-23)14(21-16(18)20-13)9-4-3-8-5-12(19)11(17)6-10(8)9/h4-7H,2-3H2,1H3. The molecule has 0 saturated heterocycles. The third-order valence-corrected chi connectivity index (χ3v) is 4.70. The predicted molar refractivity (Wildman–Crippen MR) is 90.9 cm³/mol. The van der Waals surface area contributed by atoms with Crippen molar-refractivity contribution in [3.05, 3.63) is 56.8 Å². The van der Waals surface area contributed by atoms with Crippen LogP contribution >= 0.6 is 27.5 Å². The highest BCUT2D eigenvalue weighted by molar-refractivity contribution is 9.10. The van der Waals surface area contributed by atoms with Gasteiger partial charge >= 0.3 is 0 Å². The van der Waals surface area contributed by atoms with E-state index in [9.17, 15) is 4.39 Å². The van der Waals surface area contributed by atoms with E-state index in [0.717, 1.165) is 23.2 Å². The van der Waals surface area contributed by atoms with Crippen molar-refractivity contribution in [3.63, 3.8) is 0 Å². The molecule has 0 fully saturated rings. The third-order valence-electron chi connectivity index (χ3n) is 3.92. The molecule has 0 unspecified atom stereocenters. The number of halogens is 3. The maximum absolute atomic E-state index is 13.7. The van der Waals surface area contributed by atoms with Gasteiger partial charge in [0.25, 0.3) is 0 Å². The molecule has 1 aliphatic rings. The van der Waals surface area contributed by atoms with E-state index in [1.54, 1.807) is 16.8 Å². The molecule has 1 aromatic carbocycles. The van der Waals surface area contributed by atoms with Crippen LogP contribution in [0.5, 0.6) is 0 Å². The minimum Gasteiger partial charge on any atom is -0.270 e. The van der Waals surface area contributed by atoms with Crippen molar-refractivity contribution in [1.82, 2.24) is 19.7 Å². The zero-order valence-corrected chi connectivity index (χ0v) is 14.5. The van der Waals surface area contributed by atoms with Crippen molar-refractivity contribution >= 4 is 44.1 Å². The van der Waals surface area contributed by atoms with Crippen LogP contribution in [0.2, 0.25) is 5.28 Å². The van der Waals surface area contributed by atoms with Crippen molar-refractivity contribution in [3.8, 4) is 0 Å². The molecule has 0 radical (unpaired) electrons. The molecule has 4 rings (SSSR count). The van der Waals surface area contributed by atoms with Gasteiger partial charge in [0.15, 0.2) is 0 Å². The second kappa shape index (κ2) is 5.39. The van der Waals surface area contributed by atoms with Gasteiger partial charge in [-0.15, -0.1) is 0 Å². The summed E-state index contributed by atoms with van der Waals surface area (Å²) in [5, 5.41) is 4.72. The molecule has 4 nitrogen and oxygen atoms in total. The zero-order chi connectivity index (χ0) is 16.1. The van der Waals surface area contributed by atoms with Gasteiger partial charge in [-0.25, -0.2) is 14.4 Å². The largest absolute Gasteiger partial charge is 0.270 e. The number of benzene rings is 1. The molecule has 116 valence electrons. The van der Waals surface area contributed by atoms with Gasteiger partial charge in [0, 0.05) is 12.1 Å². The molecule has 0 aliphatic heterocycles. The van der Waals surface area contributed by atoms with Gasteiger partial charge in [0.2, 0.25) is 5.28 Å². The molecule has 0 bridgehead atoms. The maximum Gasteiger partial charge on any atom is 0.223 e. The molecule has 0 N–H and O–H groups in total. The van der Waals surface area contributed by atoms with E-state index in [1.807, 2.05) is 19.2 Å². The number of allylic oxidation sites excluding steroid dienone is 1. The average molecular weight is 394 g/mol. The number of aryl methyl sites for hydroxylation is 1. The molecule has 0 saturated carbocycles. The van der Waals surface area contributed by atoms with Crippen molar-refractivity contribution in [2.75, 3.05) is 0 Å². The highest BCUT2D eigenvalue weighted by Crippen LogP contribution is 2.37. The molecule has 0 atom stereocenters. The van der Waals surface area contributed by atoms with Gasteiger partial charge < -0.3 is 0 Å². The molecule has 0 amide bonds. The molecular formula is C16H11BrClFN4. The fraction of sp³-hybridized carbons (Fsp3) is 0.188. The Bertz CT molecular complexity index is 980. The Morgan fingerprint density at radius 3 is 2.96 bits per heavy atom. The Hall–Kier alpha value is -1.79. The first-order valence-corrected chi connectivity index (χ1v) is 8.33. The quantitative estimate of drug-likeness (QED) is 0.607. The first-order valence-electron chi connectivity index (χ1n) is 7.16. The Balaban J connectivity index is 1.95. The summed E-state index contributed by atoms with van der Waals surface area (Å²) in [6.45, 7) is 2.74. The van der Waals surface area contributed by atoms with Crippen LogP contribution in [0.3, 0.4) is 0 Å². The second-order valence-electron chi connectivity index (χ2n) is 5.31. The first kappa shape index (κ1) is 14.8. The Morgan fingerprint density at radius 1 is 1.35 bits per heavy atom. The average Bonchev–Trinajstić information content (AvgIpc) is 3.10. The number of nitrogens with zero attached hydrogens (tertiary/aromatic N) is 4. The Morgan fingerprint density at radius 2 is 2.17 bits per heavy atom. The summed E-state index contributed by atoms with van der Waals surface area (Å²) in [4.78, 5) is 8.62. The van der Waals surface area contributed by atoms with E-state index < -0.39 is 0 Å². The van der Waals surface area contributed by atoms with E-state index in [2.05, 4.69) is 31.0 Å². The van der Waals surface area contributed by atoms with Crippen LogP contribution in [-0.4, -0.2) is 19.7 Å². The van der Waals surface area contributed by atoms with Crippen LogP contribution in [0.4, 0.5) is 4.39 Å². The number of aromatic nitrogens is 4. The third kappa shape index (κ3) is 2.37. The molecule has 0 spiro atoms. The summed E-state index contributed by atoms with van der Waals surface area (Å²) >= 11 is 9.33. The summed E-state index contributed by atoms with van der Waals surface area (Å²) in [6.07, 6.45) is 4.54. The Labute approximate surface area is 145 Å². The zero-order valence-electron chi connectivity index (χ0n) is 12.1. The van der Waals surface area contributed by atoms with E-state index in [1.165, 1.54) is 0 Å². The van der Waals surface area contributed by atoms with Gasteiger partial charge in [-0.3, -0.25) is 4.68 Å². The normalized spacial score (nSPS) is 13.5. The van der Waals surface area contributed by atoms with Crippen LogP contribution in [0.1, 0.15) is 23.7 Å². The number of hydrogen-bond donors (Lipinski definition) is 0. The van der Waals surface area contributed by atoms with Crippen molar-refractivity contribution < 1.29 is 4.39 Å². The van der Waals surface area contributed by atoms with Crippen LogP contribution in [0.25, 0.3) is 16.6 Å². The fourth-order valence-corrected chi connectivity index (χ4v) is 3.35. The summed E-state index contributed by atoms with van der Waals surface area (Å²) in [7, 11) is 0. The summed E-state index contributed by atoms with van der Waals surface area (Å²) in [5.41, 5.74) is 4.88. The van der Waals surface area contributed by atoms with Crippen LogP contribution in [-0.2, 0) is 13.0 Å². The smallest absolute Gasteiger partial charge is 0.223 e. The number of fused-ring (bicyclic) bond motifs is 2. The number of hydrogen-bond acceptors (Lipinski definition) is 3. The summed E-state index contributed by atoms with van der Waals surface area (Å²) in [6, 6.07) is 3.33. The van der Waals surface area contributed by atoms with Gasteiger partial charge in [0.1, 0.15) is 22.5 Å². The van der Waals surface area contributed by atoms with E-state index in [0.29, 0.717) is 27.6 Å². The summed E-state index contributed by atoms with van der Waals surface area (Å²) < 4.78 is 16.0. The van der Waals surface area contributed by atoms with Gasteiger partial charge in [-0.1, -0.05) is 6.08 Å². The van der Waals surface area contributed by atoms with Crippen molar-refractivity contribution in [1.29, 1.82) is 0 Å². The van der Waals surface area contributed by atoms with Crippen molar-refractivity contribution in [2.45, 2.75) is 19.9 Å². The molecule has 2 heterocycles. The molecular weight excluding hydrogens is 383 g/mol. The SMILES string of the molecule is CCn1cc2nc(Cl)nc(C3=CCc4cc(F)c(Br)cc43)c2n1. The molecule has 7 heteroatoms. The Kier molecular flexibility index (Phi) is 3.46. The van der Waals surface area contributed by atoms with E-state index in [4.69, 9.17) is 11.6 Å². The lowest BCUT2D eigenvalue weighted by molar-refractivity contribution is 0.619. The molecule has 3 aromatic rings. The first-order chi connectivity index (χ1) is 11.1. The second-order valence-corrected chi connectivity index (χ2v) is 6.50. The minimum absolute atomic E-state index is 0.179. The van der Waals surface area contributed by atoms with Crippen LogP contribution in [0, 0.1) is 5.82 Å². The lowest BCUT2D eigenvalue weighted by Crippen LogP contribution is -1.97. The van der Waals surface area contributed by atoms with Crippen LogP contribution < -0.4 is 0 Å². The number of rotatable bonds is 2. The van der Waals surface area contributed by atoms with Crippen molar-refractivity contribution in [2.24, 2.45) is 0 Å². The lowest BCUT2D eigenvalue weighted by Gasteiger charge is -2.08. The monoisotopic (exact) mass is 392 g/mol. The fourth-order valence-electron chi connectivity index (χ4n) is 2.83. The van der Waals surface area contributed by atoms with E-state index >= 15 is 0 Å². The van der Waals surface area contributed by atoms with E-state index in [-0.39, 0.29) is 11.1 Å². The minimum atomic E-state index is -0.264. The molecule has 1 aliphatic carbocycles. The van der Waals surface area contributed by atoms with Gasteiger partial charge in [-0.05, 0) is 64.1 Å². The topological polar surface area (TPSA) is 43.6 Å². The van der Waals surface area contributed by atoms with Gasteiger partial charge in [-0.2, -0.15) is 5.10 Å².